The summed E-state index contributed by atoms with van der Waals surface area (Å²) in [5.41, 5.74) is 4.84. The van der Waals surface area contributed by atoms with Gasteiger partial charge in [0.15, 0.2) is 0 Å². The maximum absolute atomic E-state index is 12.4. The third kappa shape index (κ3) is 14.4. The van der Waals surface area contributed by atoms with E-state index in [1.165, 1.54) is 24.0 Å². The standard InChI is InChI=1S/C28H35N3O4.C20H31N3O2/c1-23(32)30-19-17-29(18-20-30)14-5-21-34-27-10-8-25(9-11-27)26-12-15-31(16-13-26)28(33)35-22-24-6-3-2-4-7-24;1-17(24)23-14-12-22(13-15-23)11-2-16-25-20-5-3-18(4-6-20)19-7-9-21-10-8-19/h2-4,6-12H,5,13-22H2,1H3;3-6,19,21H,2,7-16H2,1H3. The number of nitrogens with zero attached hydrogens (tertiary/aromatic N) is 5. The third-order valence-electron chi connectivity index (χ3n) is 12.0. The second-order valence-electron chi connectivity index (χ2n) is 16.2. The lowest BCUT2D eigenvalue weighted by atomic mass is 9.90. The van der Waals surface area contributed by atoms with Crippen molar-refractivity contribution in [3.8, 4) is 11.5 Å². The summed E-state index contributed by atoms with van der Waals surface area (Å²) in [5.74, 6) is 2.90. The highest BCUT2D eigenvalue weighted by Gasteiger charge is 2.21. The van der Waals surface area contributed by atoms with Crippen LogP contribution in [0, 0.1) is 0 Å². The van der Waals surface area contributed by atoms with Gasteiger partial charge in [0.05, 0.1) is 13.2 Å². The Kier molecular flexibility index (Phi) is 17.7. The van der Waals surface area contributed by atoms with Crippen LogP contribution in [0.5, 0.6) is 11.5 Å². The molecule has 0 bridgehead atoms. The van der Waals surface area contributed by atoms with Crippen molar-refractivity contribution in [3.63, 3.8) is 0 Å². The van der Waals surface area contributed by atoms with Crippen LogP contribution >= 0.6 is 0 Å². The fourth-order valence-electron chi connectivity index (χ4n) is 8.19. The molecule has 12 nitrogen and oxygen atoms in total. The molecule has 4 aliphatic rings. The first-order valence-corrected chi connectivity index (χ1v) is 22.1. The Morgan fingerprint density at radius 3 is 1.67 bits per heavy atom. The largest absolute Gasteiger partial charge is 0.494 e. The average molecular weight is 823 g/mol. The second kappa shape index (κ2) is 23.8. The van der Waals surface area contributed by atoms with E-state index in [1.807, 2.05) is 52.3 Å². The van der Waals surface area contributed by atoms with Crippen LogP contribution in [0.3, 0.4) is 0 Å². The molecule has 0 atom stereocenters. The van der Waals surface area contributed by atoms with Crippen molar-refractivity contribution in [2.75, 3.05) is 105 Å². The minimum absolute atomic E-state index is 0.166. The van der Waals surface area contributed by atoms with Gasteiger partial charge in [0, 0.05) is 92.4 Å². The van der Waals surface area contributed by atoms with Crippen LogP contribution in [0.4, 0.5) is 4.79 Å². The van der Waals surface area contributed by atoms with Crippen molar-refractivity contribution >= 4 is 23.5 Å². The number of hydrogen-bond donors (Lipinski definition) is 1. The molecule has 3 aromatic rings. The van der Waals surface area contributed by atoms with Crippen molar-refractivity contribution in [2.45, 2.75) is 58.5 Å². The molecule has 324 valence electrons. The molecule has 1 N–H and O–H groups in total. The predicted molar refractivity (Wildman–Crippen MR) is 236 cm³/mol. The van der Waals surface area contributed by atoms with Gasteiger partial charge in [0.1, 0.15) is 18.1 Å². The Bertz CT molecular complexity index is 1780. The maximum Gasteiger partial charge on any atom is 0.410 e. The van der Waals surface area contributed by atoms with Crippen molar-refractivity contribution in [1.29, 1.82) is 0 Å². The van der Waals surface area contributed by atoms with Gasteiger partial charge < -0.3 is 34.2 Å². The molecule has 0 aliphatic carbocycles. The van der Waals surface area contributed by atoms with Crippen LogP contribution in [-0.4, -0.2) is 147 Å². The fraction of sp³-hybridized carbons (Fsp3) is 0.521. The van der Waals surface area contributed by atoms with E-state index in [-0.39, 0.29) is 17.9 Å². The minimum atomic E-state index is -0.270. The fourth-order valence-corrected chi connectivity index (χ4v) is 8.19. The van der Waals surface area contributed by atoms with Crippen LogP contribution in [0.25, 0.3) is 5.57 Å². The Balaban J connectivity index is 0.000000213. The van der Waals surface area contributed by atoms with E-state index < -0.39 is 0 Å². The lowest BCUT2D eigenvalue weighted by Crippen LogP contribution is -2.48. The van der Waals surface area contributed by atoms with Gasteiger partial charge in [-0.05, 0) is 97.6 Å². The van der Waals surface area contributed by atoms with Gasteiger partial charge >= 0.3 is 6.09 Å². The Labute approximate surface area is 357 Å². The number of nitrogens with one attached hydrogen (secondary N) is 1. The Morgan fingerprint density at radius 2 is 1.17 bits per heavy atom. The van der Waals surface area contributed by atoms with E-state index in [2.05, 4.69) is 57.6 Å². The van der Waals surface area contributed by atoms with E-state index in [9.17, 15) is 14.4 Å². The summed E-state index contributed by atoms with van der Waals surface area (Å²) in [6.07, 6.45) is 7.09. The number of rotatable bonds is 14. The number of amides is 3. The van der Waals surface area contributed by atoms with E-state index in [0.29, 0.717) is 32.2 Å². The first-order valence-electron chi connectivity index (χ1n) is 22.1. The predicted octanol–water partition coefficient (Wildman–Crippen LogP) is 6.13. The van der Waals surface area contributed by atoms with Crippen LogP contribution in [-0.2, 0) is 20.9 Å². The number of benzene rings is 3. The molecule has 4 aliphatic heterocycles. The van der Waals surface area contributed by atoms with Crippen LogP contribution in [0.15, 0.2) is 84.9 Å². The number of hydrogen-bond acceptors (Lipinski definition) is 9. The Morgan fingerprint density at radius 1 is 0.633 bits per heavy atom. The second-order valence-corrected chi connectivity index (χ2v) is 16.2. The van der Waals surface area contributed by atoms with Gasteiger partial charge in [-0.2, -0.15) is 0 Å². The van der Waals surface area contributed by atoms with Gasteiger partial charge in [-0.15, -0.1) is 0 Å². The first-order chi connectivity index (χ1) is 29.3. The van der Waals surface area contributed by atoms with E-state index in [0.717, 1.165) is 127 Å². The van der Waals surface area contributed by atoms with Gasteiger partial charge in [-0.3, -0.25) is 19.4 Å². The van der Waals surface area contributed by atoms with Crippen molar-refractivity contribution < 1.29 is 28.6 Å². The monoisotopic (exact) mass is 823 g/mol. The zero-order valence-electron chi connectivity index (χ0n) is 35.9. The molecule has 3 saturated heterocycles. The summed E-state index contributed by atoms with van der Waals surface area (Å²) in [7, 11) is 0. The molecule has 0 aromatic heterocycles. The molecule has 0 saturated carbocycles. The zero-order valence-corrected chi connectivity index (χ0v) is 35.9. The summed E-state index contributed by atoms with van der Waals surface area (Å²) < 4.78 is 17.3. The quantitative estimate of drug-likeness (QED) is 0.192. The number of ether oxygens (including phenoxy) is 3. The summed E-state index contributed by atoms with van der Waals surface area (Å²) >= 11 is 0. The van der Waals surface area contributed by atoms with Crippen molar-refractivity contribution in [2.24, 2.45) is 0 Å². The molecule has 4 heterocycles. The van der Waals surface area contributed by atoms with E-state index >= 15 is 0 Å². The molecule has 3 aromatic carbocycles. The highest BCUT2D eigenvalue weighted by Crippen LogP contribution is 2.27. The SMILES string of the molecule is CC(=O)N1CCN(CCCOc2ccc(C3=CCN(C(=O)OCc4ccccc4)CC3)cc2)CC1.CC(=O)N1CCN(CCCOc2ccc(C3CCNCC3)cc2)CC1. The number of piperidine rings is 1. The third-order valence-corrected chi connectivity index (χ3v) is 12.0. The summed E-state index contributed by atoms with van der Waals surface area (Å²) in [6, 6.07) is 26.6. The van der Waals surface area contributed by atoms with E-state index in [1.54, 1.807) is 18.7 Å². The lowest BCUT2D eigenvalue weighted by Gasteiger charge is -2.34. The molecule has 7 rings (SSSR count). The van der Waals surface area contributed by atoms with Crippen molar-refractivity contribution in [1.82, 2.24) is 29.8 Å². The van der Waals surface area contributed by atoms with Crippen LogP contribution < -0.4 is 14.8 Å². The summed E-state index contributed by atoms with van der Waals surface area (Å²) in [6.45, 7) is 17.7. The average Bonchev–Trinajstić information content (AvgIpc) is 3.30. The molecule has 3 amide bonds. The van der Waals surface area contributed by atoms with Crippen LogP contribution in [0.2, 0.25) is 0 Å². The maximum atomic E-state index is 12.4. The van der Waals surface area contributed by atoms with Crippen molar-refractivity contribution in [3.05, 3.63) is 102 Å². The molecule has 0 spiro atoms. The smallest absolute Gasteiger partial charge is 0.410 e. The van der Waals surface area contributed by atoms with Gasteiger partial charge in [0.25, 0.3) is 0 Å². The Hall–Kier alpha value is -4.91. The summed E-state index contributed by atoms with van der Waals surface area (Å²) in [4.78, 5) is 45.5. The molecular formula is C48H66N6O6. The van der Waals surface area contributed by atoms with Gasteiger partial charge in [0.2, 0.25) is 11.8 Å². The van der Waals surface area contributed by atoms with E-state index in [4.69, 9.17) is 14.2 Å². The zero-order chi connectivity index (χ0) is 41.9. The molecule has 12 heteroatoms. The van der Waals surface area contributed by atoms with Crippen LogP contribution in [0.1, 0.15) is 68.6 Å². The lowest BCUT2D eigenvalue weighted by molar-refractivity contribution is -0.131. The molecule has 0 unspecified atom stereocenters. The highest BCUT2D eigenvalue weighted by molar-refractivity contribution is 5.74. The highest BCUT2D eigenvalue weighted by atomic mass is 16.6. The molecule has 60 heavy (non-hydrogen) atoms. The minimum Gasteiger partial charge on any atom is -0.494 e. The molecule has 0 radical (unpaired) electrons. The normalized spacial score (nSPS) is 17.9. The number of carbonyl (C=O) groups excluding carboxylic acids is 3. The molecular weight excluding hydrogens is 757 g/mol. The summed E-state index contributed by atoms with van der Waals surface area (Å²) in [5, 5.41) is 3.42. The topological polar surface area (TPSA) is 107 Å². The van der Waals surface area contributed by atoms with Gasteiger partial charge in [-0.1, -0.05) is 60.7 Å². The molecule has 3 fully saturated rings. The van der Waals surface area contributed by atoms with Gasteiger partial charge in [-0.25, -0.2) is 4.79 Å². The number of piperazine rings is 2. The first kappa shape index (κ1) is 44.6. The number of carbonyl (C=O) groups is 3.